The molecule has 2 aromatic rings. The van der Waals surface area contributed by atoms with E-state index in [4.69, 9.17) is 0 Å². The summed E-state index contributed by atoms with van der Waals surface area (Å²) in [4.78, 5) is 0. The molecule has 0 heterocycles. The van der Waals surface area contributed by atoms with E-state index in [0.717, 1.165) is 24.3 Å². The Balaban J connectivity index is 2.61. The molecule has 1 atom stereocenters. The molecule has 1 N–H and O–H groups in total. The van der Waals surface area contributed by atoms with Crippen LogP contribution >= 0.6 is 31.9 Å². The van der Waals surface area contributed by atoms with Crippen molar-refractivity contribution in [2.45, 2.75) is 6.10 Å². The van der Waals surface area contributed by atoms with Crippen LogP contribution in [0.25, 0.3) is 0 Å². The van der Waals surface area contributed by atoms with Gasteiger partial charge in [0.05, 0.1) is 14.5 Å². The zero-order valence-corrected chi connectivity index (χ0v) is 12.8. The van der Waals surface area contributed by atoms with Crippen molar-refractivity contribution in [3.63, 3.8) is 0 Å². The molecule has 0 aliphatic carbocycles. The molecular weight excluding hydrogens is 408 g/mol. The SMILES string of the molecule is OC(c1ccc(F)c(F)c1Br)c1c(F)ccc(Br)c1F. The quantitative estimate of drug-likeness (QED) is 0.424. The minimum Gasteiger partial charge on any atom is -0.383 e. The molecule has 0 spiro atoms. The van der Waals surface area contributed by atoms with Gasteiger partial charge in [0, 0.05) is 5.56 Å². The molecule has 1 nitrogen and oxygen atoms in total. The van der Waals surface area contributed by atoms with E-state index in [1.807, 2.05) is 0 Å². The molecule has 0 saturated heterocycles. The van der Waals surface area contributed by atoms with Crippen LogP contribution in [0.3, 0.4) is 0 Å². The monoisotopic (exact) mass is 412 g/mol. The van der Waals surface area contributed by atoms with Gasteiger partial charge in [-0.3, -0.25) is 0 Å². The van der Waals surface area contributed by atoms with Crippen molar-refractivity contribution in [3.05, 3.63) is 67.6 Å². The standard InChI is InChI=1S/C13H6Br2F4O/c14-6-2-4-7(16)9(11(6)18)13(20)5-1-3-8(17)12(19)10(5)15/h1-4,13,20H. The van der Waals surface area contributed by atoms with Crippen LogP contribution in [0.1, 0.15) is 17.2 Å². The second kappa shape index (κ2) is 5.83. The zero-order valence-electron chi connectivity index (χ0n) is 9.60. The number of rotatable bonds is 2. The minimum absolute atomic E-state index is 0.0494. The van der Waals surface area contributed by atoms with Crippen LogP contribution in [0.5, 0.6) is 0 Å². The van der Waals surface area contributed by atoms with Crippen LogP contribution < -0.4 is 0 Å². The Bertz CT molecular complexity index is 676. The van der Waals surface area contributed by atoms with Crippen molar-refractivity contribution in [2.24, 2.45) is 0 Å². The van der Waals surface area contributed by atoms with Gasteiger partial charge in [0.1, 0.15) is 17.7 Å². The maximum absolute atomic E-state index is 13.9. The molecule has 2 rings (SSSR count). The minimum atomic E-state index is -1.78. The van der Waals surface area contributed by atoms with Gasteiger partial charge in [-0.2, -0.15) is 0 Å². The molecule has 7 heteroatoms. The first-order valence-electron chi connectivity index (χ1n) is 5.29. The Labute approximate surface area is 128 Å². The van der Waals surface area contributed by atoms with Crippen molar-refractivity contribution in [1.82, 2.24) is 0 Å². The topological polar surface area (TPSA) is 20.2 Å². The van der Waals surface area contributed by atoms with Crippen LogP contribution in [0, 0.1) is 23.3 Å². The van der Waals surface area contributed by atoms with Crippen LogP contribution in [0.2, 0.25) is 0 Å². The zero-order chi connectivity index (χ0) is 15.0. The van der Waals surface area contributed by atoms with Crippen molar-refractivity contribution >= 4 is 31.9 Å². The third kappa shape index (κ3) is 2.62. The molecule has 0 aromatic heterocycles. The van der Waals surface area contributed by atoms with Gasteiger partial charge in [-0.05, 0) is 50.1 Å². The van der Waals surface area contributed by atoms with E-state index in [1.165, 1.54) is 0 Å². The lowest BCUT2D eigenvalue weighted by Crippen LogP contribution is -2.08. The molecule has 0 aliphatic rings. The largest absolute Gasteiger partial charge is 0.383 e. The Hall–Kier alpha value is -0.920. The average Bonchev–Trinajstić information content (AvgIpc) is 2.41. The number of halogens is 6. The van der Waals surface area contributed by atoms with E-state index in [0.29, 0.717) is 0 Å². The van der Waals surface area contributed by atoms with Crippen molar-refractivity contribution < 1.29 is 22.7 Å². The third-order valence-corrected chi connectivity index (χ3v) is 4.13. The van der Waals surface area contributed by atoms with Gasteiger partial charge in [0.25, 0.3) is 0 Å². The molecule has 20 heavy (non-hydrogen) atoms. The predicted octanol–water partition coefficient (Wildman–Crippen LogP) is 4.85. The predicted molar refractivity (Wildman–Crippen MR) is 72.2 cm³/mol. The van der Waals surface area contributed by atoms with Gasteiger partial charge in [-0.1, -0.05) is 6.07 Å². The molecule has 1 unspecified atom stereocenters. The van der Waals surface area contributed by atoms with E-state index >= 15 is 0 Å². The number of aliphatic hydroxyl groups is 1. The third-order valence-electron chi connectivity index (χ3n) is 2.71. The van der Waals surface area contributed by atoms with Crippen LogP contribution in [-0.4, -0.2) is 5.11 Å². The lowest BCUT2D eigenvalue weighted by atomic mass is 10.0. The second-order valence-electron chi connectivity index (χ2n) is 3.92. The summed E-state index contributed by atoms with van der Waals surface area (Å²) in [5, 5.41) is 10.1. The summed E-state index contributed by atoms with van der Waals surface area (Å²) in [6.07, 6.45) is -1.78. The van der Waals surface area contributed by atoms with E-state index in [1.54, 1.807) is 0 Å². The maximum atomic E-state index is 13.9. The van der Waals surface area contributed by atoms with Crippen molar-refractivity contribution in [2.75, 3.05) is 0 Å². The Morgan fingerprint density at radius 1 is 0.850 bits per heavy atom. The summed E-state index contributed by atoms with van der Waals surface area (Å²) < 4.78 is 53.5. The fourth-order valence-electron chi connectivity index (χ4n) is 1.70. The number of hydrogen-bond acceptors (Lipinski definition) is 1. The van der Waals surface area contributed by atoms with Crippen molar-refractivity contribution in [1.29, 1.82) is 0 Å². The van der Waals surface area contributed by atoms with Gasteiger partial charge in [0.2, 0.25) is 0 Å². The van der Waals surface area contributed by atoms with Crippen LogP contribution in [-0.2, 0) is 0 Å². The first kappa shape index (κ1) is 15.5. The van der Waals surface area contributed by atoms with Crippen LogP contribution in [0.15, 0.2) is 33.2 Å². The molecule has 0 bridgehead atoms. The molecule has 2 aromatic carbocycles. The van der Waals surface area contributed by atoms with Gasteiger partial charge in [0.15, 0.2) is 11.6 Å². The molecule has 0 fully saturated rings. The smallest absolute Gasteiger partial charge is 0.173 e. The van der Waals surface area contributed by atoms with E-state index in [-0.39, 0.29) is 14.5 Å². The fourth-order valence-corrected chi connectivity index (χ4v) is 2.59. The van der Waals surface area contributed by atoms with Crippen LogP contribution in [0.4, 0.5) is 17.6 Å². The summed E-state index contributed by atoms with van der Waals surface area (Å²) in [7, 11) is 0. The lowest BCUT2D eigenvalue weighted by Gasteiger charge is -2.16. The van der Waals surface area contributed by atoms with E-state index < -0.39 is 34.9 Å². The highest BCUT2D eigenvalue weighted by molar-refractivity contribution is 9.10. The highest BCUT2D eigenvalue weighted by atomic mass is 79.9. The Morgan fingerprint density at radius 2 is 1.45 bits per heavy atom. The number of hydrogen-bond donors (Lipinski definition) is 1. The summed E-state index contributed by atoms with van der Waals surface area (Å²) in [5.41, 5.74) is -0.828. The fraction of sp³-hybridized carbons (Fsp3) is 0.0769. The number of benzene rings is 2. The molecule has 0 amide bonds. The normalized spacial score (nSPS) is 12.6. The van der Waals surface area contributed by atoms with Gasteiger partial charge < -0.3 is 5.11 Å². The molecular formula is C13H6Br2F4O. The summed E-state index contributed by atoms with van der Waals surface area (Å²) in [6, 6.07) is 3.92. The highest BCUT2D eigenvalue weighted by Gasteiger charge is 2.25. The summed E-state index contributed by atoms with van der Waals surface area (Å²) >= 11 is 5.63. The summed E-state index contributed by atoms with van der Waals surface area (Å²) in [6.45, 7) is 0. The van der Waals surface area contributed by atoms with Gasteiger partial charge >= 0.3 is 0 Å². The lowest BCUT2D eigenvalue weighted by molar-refractivity contribution is 0.207. The van der Waals surface area contributed by atoms with E-state index in [9.17, 15) is 22.7 Å². The van der Waals surface area contributed by atoms with Gasteiger partial charge in [-0.25, -0.2) is 17.6 Å². The van der Waals surface area contributed by atoms with E-state index in [2.05, 4.69) is 31.9 Å². The Kier molecular flexibility index (Phi) is 4.51. The molecule has 0 radical (unpaired) electrons. The second-order valence-corrected chi connectivity index (χ2v) is 5.57. The maximum Gasteiger partial charge on any atom is 0.173 e. The first-order chi connectivity index (χ1) is 9.34. The van der Waals surface area contributed by atoms with Gasteiger partial charge in [-0.15, -0.1) is 0 Å². The molecule has 0 saturated carbocycles. The Morgan fingerprint density at radius 3 is 2.10 bits per heavy atom. The number of aliphatic hydroxyl groups excluding tert-OH is 1. The molecule has 106 valence electrons. The van der Waals surface area contributed by atoms with Crippen molar-refractivity contribution in [3.8, 4) is 0 Å². The molecule has 0 aliphatic heterocycles. The average molecular weight is 414 g/mol. The summed E-state index contributed by atoms with van der Waals surface area (Å²) in [5.74, 6) is -4.37. The first-order valence-corrected chi connectivity index (χ1v) is 6.88. The highest BCUT2D eigenvalue weighted by Crippen LogP contribution is 2.35.